The Morgan fingerprint density at radius 2 is 2.20 bits per heavy atom. The van der Waals surface area contributed by atoms with E-state index in [1.807, 2.05) is 6.92 Å². The predicted octanol–water partition coefficient (Wildman–Crippen LogP) is 0.263. The van der Waals surface area contributed by atoms with Crippen LogP contribution in [0, 0.1) is 0 Å². The second-order valence-electron chi connectivity index (χ2n) is 2.52. The molecule has 0 aliphatic rings. The molecule has 1 aromatic heterocycles. The van der Waals surface area contributed by atoms with Gasteiger partial charge in [0.2, 0.25) is 0 Å². The van der Waals surface area contributed by atoms with Crippen LogP contribution in [0.4, 0.5) is 0 Å². The fraction of sp³-hybridized carbons (Fsp3) is 0.667. The quantitative estimate of drug-likeness (QED) is 0.666. The van der Waals surface area contributed by atoms with Gasteiger partial charge < -0.3 is 0 Å². The van der Waals surface area contributed by atoms with Crippen molar-refractivity contribution in [3.05, 3.63) is 12.2 Å². The van der Waals surface area contributed by atoms with E-state index in [2.05, 4.69) is 15.2 Å². The number of nitrogens with zero attached hydrogens (tertiary/aromatic N) is 2. The van der Waals surface area contributed by atoms with Gasteiger partial charge in [0.25, 0.3) is 0 Å². The highest BCUT2D eigenvalue weighted by Gasteiger charge is 2.15. The molecule has 0 aliphatic carbocycles. The van der Waals surface area contributed by atoms with Gasteiger partial charge in [-0.15, -0.1) is 9.79 Å². The Hall–Kier alpha value is -0.690. The summed E-state index contributed by atoms with van der Waals surface area (Å²) in [6.07, 6.45) is 3.93. The average molecular weight is 254 g/mol. The molecule has 3 N–H and O–H groups in total. The van der Waals surface area contributed by atoms with E-state index < -0.39 is 19.1 Å². The molecule has 2 unspecified atom stereocenters. The first kappa shape index (κ1) is 14.3. The number of H-pyrrole nitrogens is 1. The average Bonchev–Trinajstić information content (AvgIpc) is 2.56. The van der Waals surface area contributed by atoms with Gasteiger partial charge in [0.15, 0.2) is 0 Å². The lowest BCUT2D eigenvalue weighted by molar-refractivity contribution is 0.405. The monoisotopic (exact) mass is 254 g/mol. The fourth-order valence-electron chi connectivity index (χ4n) is 0.955. The zero-order chi connectivity index (χ0) is 11.8. The van der Waals surface area contributed by atoms with Crippen molar-refractivity contribution in [3.8, 4) is 0 Å². The van der Waals surface area contributed by atoms with Crippen molar-refractivity contribution < 1.29 is 18.6 Å². The van der Waals surface area contributed by atoms with Gasteiger partial charge in [-0.3, -0.25) is 9.31 Å². The summed E-state index contributed by atoms with van der Waals surface area (Å²) in [6, 6.07) is 0. The van der Waals surface area contributed by atoms with Crippen molar-refractivity contribution >= 4 is 19.1 Å². The van der Waals surface area contributed by atoms with Gasteiger partial charge in [0.05, 0.1) is 5.25 Å². The Bertz CT molecular complexity index is 314. The summed E-state index contributed by atoms with van der Waals surface area (Å²) in [5.74, 6) is 0.716. The zero-order valence-electron chi connectivity index (χ0n) is 8.32. The second kappa shape index (κ2) is 7.58. The molecule has 0 bridgehead atoms. The van der Waals surface area contributed by atoms with Gasteiger partial charge in [-0.25, -0.2) is 4.98 Å². The standard InChI is InChI=1S/C6H11N3OS.HO3P/c1-3-5(11(2)10)6-7-4-8-9-6;1-4(2)3/h4-5H,3H2,1-2H3,(H,7,8,9);(H-,1,2,3)/p+1. The van der Waals surface area contributed by atoms with Crippen LogP contribution in [0.15, 0.2) is 6.33 Å². The molecule has 1 rings (SSSR count). The van der Waals surface area contributed by atoms with Gasteiger partial charge in [0, 0.05) is 21.6 Å². The van der Waals surface area contributed by atoms with Crippen molar-refractivity contribution in [1.29, 1.82) is 0 Å². The summed E-state index contributed by atoms with van der Waals surface area (Å²) < 4.78 is 19.8. The minimum Gasteiger partial charge on any atom is -0.262 e. The molecule has 9 heteroatoms. The number of nitrogens with one attached hydrogen (secondary N) is 1. The van der Waals surface area contributed by atoms with E-state index >= 15 is 0 Å². The molecule has 0 amide bonds. The summed E-state index contributed by atoms with van der Waals surface area (Å²) in [4.78, 5) is 18.2. The van der Waals surface area contributed by atoms with E-state index in [1.54, 1.807) is 6.26 Å². The molecule has 1 heterocycles. The van der Waals surface area contributed by atoms with E-state index in [0.717, 1.165) is 6.42 Å². The van der Waals surface area contributed by atoms with E-state index in [9.17, 15) is 4.21 Å². The Balaban J connectivity index is 0.000000423. The highest BCUT2D eigenvalue weighted by molar-refractivity contribution is 7.84. The molecule has 0 spiro atoms. The first-order valence-corrected chi connectivity index (χ1v) is 6.80. The van der Waals surface area contributed by atoms with E-state index in [-0.39, 0.29) is 5.25 Å². The number of hydrogen-bond acceptors (Lipinski definition) is 4. The minimum atomic E-state index is -2.87. The normalized spacial score (nSPS) is 13.6. The van der Waals surface area contributed by atoms with E-state index in [1.165, 1.54) is 6.33 Å². The number of hydrogen-bond donors (Lipinski definition) is 3. The molecular weight excluding hydrogens is 241 g/mol. The van der Waals surface area contributed by atoms with E-state index in [0.29, 0.717) is 5.82 Å². The van der Waals surface area contributed by atoms with Crippen molar-refractivity contribution in [2.24, 2.45) is 0 Å². The first-order chi connectivity index (χ1) is 6.99. The largest absolute Gasteiger partial charge is 0.692 e. The van der Waals surface area contributed by atoms with Crippen molar-refractivity contribution in [1.82, 2.24) is 15.2 Å². The van der Waals surface area contributed by atoms with Crippen LogP contribution >= 0.6 is 8.25 Å². The topological polar surface area (TPSA) is 116 Å². The maximum atomic E-state index is 11.1. The van der Waals surface area contributed by atoms with Crippen molar-refractivity contribution in [3.63, 3.8) is 0 Å². The molecule has 7 nitrogen and oxygen atoms in total. The Labute approximate surface area is 90.4 Å². The third kappa shape index (κ3) is 6.40. The molecule has 0 radical (unpaired) electrons. The van der Waals surface area contributed by atoms with Crippen LogP contribution in [-0.4, -0.2) is 35.4 Å². The molecule has 1 aromatic rings. The van der Waals surface area contributed by atoms with Crippen molar-refractivity contribution in [2.75, 3.05) is 6.26 Å². The molecule has 2 atom stereocenters. The van der Waals surface area contributed by atoms with Crippen LogP contribution in [0.25, 0.3) is 0 Å². The Kier molecular flexibility index (Phi) is 7.23. The summed E-state index contributed by atoms with van der Waals surface area (Å²) >= 11 is 0. The third-order valence-corrected chi connectivity index (χ3v) is 2.87. The van der Waals surface area contributed by atoms with Crippen molar-refractivity contribution in [2.45, 2.75) is 18.6 Å². The van der Waals surface area contributed by atoms with Crippen LogP contribution in [0.3, 0.4) is 0 Å². The van der Waals surface area contributed by atoms with Crippen LogP contribution < -0.4 is 0 Å². The van der Waals surface area contributed by atoms with Crippen LogP contribution in [-0.2, 0) is 15.4 Å². The number of aromatic nitrogens is 3. The molecule has 0 aliphatic heterocycles. The molecule has 0 saturated carbocycles. The molecule has 15 heavy (non-hydrogen) atoms. The summed E-state index contributed by atoms with van der Waals surface area (Å²) in [5.41, 5.74) is 0. The molecule has 0 fully saturated rings. The lowest BCUT2D eigenvalue weighted by atomic mass is 10.3. The van der Waals surface area contributed by atoms with E-state index in [4.69, 9.17) is 14.4 Å². The van der Waals surface area contributed by atoms with Gasteiger partial charge in [-0.1, -0.05) is 6.92 Å². The lowest BCUT2D eigenvalue weighted by Gasteiger charge is -2.06. The molecule has 86 valence electrons. The summed E-state index contributed by atoms with van der Waals surface area (Å²) in [5, 5.41) is 6.42. The van der Waals surface area contributed by atoms with Gasteiger partial charge in [-0.2, -0.15) is 5.10 Å². The highest BCUT2D eigenvalue weighted by atomic mass is 32.2. The Morgan fingerprint density at radius 1 is 1.67 bits per heavy atom. The van der Waals surface area contributed by atoms with Gasteiger partial charge in [-0.05, 0) is 6.42 Å². The maximum Gasteiger partial charge on any atom is 0.692 e. The smallest absolute Gasteiger partial charge is 0.262 e. The second-order valence-corrected chi connectivity index (χ2v) is 4.59. The SMILES string of the molecule is CCC(c1ncn[nH]1)S(C)=O.O=[P+](O)O. The predicted molar refractivity (Wildman–Crippen MR) is 55.5 cm³/mol. The lowest BCUT2D eigenvalue weighted by Crippen LogP contribution is -2.05. The first-order valence-electron chi connectivity index (χ1n) is 4.01. The molecular formula is C6H13N3O4PS+. The number of aromatic amines is 1. The third-order valence-electron chi connectivity index (χ3n) is 1.51. The van der Waals surface area contributed by atoms with Gasteiger partial charge >= 0.3 is 8.25 Å². The van der Waals surface area contributed by atoms with Crippen LogP contribution in [0.2, 0.25) is 0 Å². The molecule has 0 aromatic carbocycles. The Morgan fingerprint density at radius 3 is 2.47 bits per heavy atom. The highest BCUT2D eigenvalue weighted by Crippen LogP contribution is 2.17. The minimum absolute atomic E-state index is 0.00231. The van der Waals surface area contributed by atoms with Crippen LogP contribution in [0.1, 0.15) is 24.4 Å². The summed E-state index contributed by atoms with van der Waals surface area (Å²) in [7, 11) is -3.74. The van der Waals surface area contributed by atoms with Gasteiger partial charge in [0.1, 0.15) is 12.2 Å². The summed E-state index contributed by atoms with van der Waals surface area (Å²) in [6.45, 7) is 1.98. The maximum absolute atomic E-state index is 11.1. The fourth-order valence-corrected chi connectivity index (χ4v) is 1.85. The van der Waals surface area contributed by atoms with Crippen LogP contribution in [0.5, 0.6) is 0 Å². The zero-order valence-corrected chi connectivity index (χ0v) is 10.0. The molecule has 0 saturated heterocycles. The number of rotatable bonds is 3.